The first-order valence-corrected chi connectivity index (χ1v) is 9.52. The highest BCUT2D eigenvalue weighted by atomic mass is 16.6. The van der Waals surface area contributed by atoms with E-state index in [4.69, 9.17) is 9.47 Å². The zero-order chi connectivity index (χ0) is 19.2. The van der Waals surface area contributed by atoms with E-state index < -0.39 is 0 Å². The van der Waals surface area contributed by atoms with Crippen LogP contribution in [-0.2, 0) is 26.4 Å². The average molecular weight is 371 g/mol. The molecular weight excluding hydrogens is 342 g/mol. The Balaban J connectivity index is 1.55. The molecule has 7 nitrogen and oxygen atoms in total. The predicted octanol–water partition coefficient (Wildman–Crippen LogP) is 2.05. The quantitative estimate of drug-likeness (QED) is 0.601. The lowest BCUT2D eigenvalue weighted by molar-refractivity contribution is 0.0936. The fourth-order valence-corrected chi connectivity index (χ4v) is 3.36. The first-order chi connectivity index (χ1) is 13.2. The summed E-state index contributed by atoms with van der Waals surface area (Å²) in [5.74, 6) is 2.33. The van der Waals surface area contributed by atoms with Crippen LogP contribution < -0.4 is 20.1 Å². The van der Waals surface area contributed by atoms with E-state index >= 15 is 0 Å². The third-order valence-corrected chi connectivity index (χ3v) is 4.75. The van der Waals surface area contributed by atoms with E-state index in [1.54, 1.807) is 7.05 Å². The summed E-state index contributed by atoms with van der Waals surface area (Å²) < 4.78 is 13.7. The van der Waals surface area contributed by atoms with Gasteiger partial charge in [0.05, 0.1) is 12.2 Å². The Kier molecular flexibility index (Phi) is 6.21. The van der Waals surface area contributed by atoms with E-state index in [0.29, 0.717) is 19.7 Å². The standard InChI is InChI=1S/C20H29N5O2/c1-5-16-15(17(6-2)25(4)24-16)12-23-20(21-3)22-11-14-13-26-18-9-7-8-10-19(18)27-14/h7-10,14H,5-6,11-13H2,1-4H3,(H2,21,22,23). The van der Waals surface area contributed by atoms with Gasteiger partial charge in [-0.15, -0.1) is 0 Å². The molecule has 1 aliphatic heterocycles. The summed E-state index contributed by atoms with van der Waals surface area (Å²) in [6.07, 6.45) is 1.82. The van der Waals surface area contributed by atoms with Gasteiger partial charge in [0.2, 0.25) is 0 Å². The van der Waals surface area contributed by atoms with E-state index in [0.717, 1.165) is 36.0 Å². The molecule has 2 N–H and O–H groups in total. The van der Waals surface area contributed by atoms with Gasteiger partial charge in [0.1, 0.15) is 12.7 Å². The molecule has 1 aromatic heterocycles. The minimum atomic E-state index is -0.0609. The van der Waals surface area contributed by atoms with Gasteiger partial charge in [-0.25, -0.2) is 0 Å². The molecule has 1 unspecified atom stereocenters. The van der Waals surface area contributed by atoms with Gasteiger partial charge >= 0.3 is 0 Å². The van der Waals surface area contributed by atoms with Crippen LogP contribution in [-0.4, -0.2) is 42.0 Å². The number of nitrogens with one attached hydrogen (secondary N) is 2. The van der Waals surface area contributed by atoms with Gasteiger partial charge in [-0.3, -0.25) is 9.67 Å². The van der Waals surface area contributed by atoms with Crippen molar-refractivity contribution in [3.05, 3.63) is 41.2 Å². The molecule has 0 saturated carbocycles. The summed E-state index contributed by atoms with van der Waals surface area (Å²) in [5, 5.41) is 11.3. The van der Waals surface area contributed by atoms with Gasteiger partial charge in [-0.05, 0) is 25.0 Å². The maximum Gasteiger partial charge on any atom is 0.191 e. The number of para-hydroxylation sites is 2. The largest absolute Gasteiger partial charge is 0.486 e. The molecule has 3 rings (SSSR count). The van der Waals surface area contributed by atoms with Gasteiger partial charge in [-0.1, -0.05) is 26.0 Å². The molecule has 0 bridgehead atoms. The molecule has 1 aromatic carbocycles. The van der Waals surface area contributed by atoms with E-state index in [-0.39, 0.29) is 6.10 Å². The third kappa shape index (κ3) is 4.35. The van der Waals surface area contributed by atoms with Crippen molar-refractivity contribution in [3.63, 3.8) is 0 Å². The van der Waals surface area contributed by atoms with Crippen LogP contribution in [0.1, 0.15) is 30.8 Å². The lowest BCUT2D eigenvalue weighted by Crippen LogP contribution is -2.45. The van der Waals surface area contributed by atoms with Crippen LogP contribution in [0.2, 0.25) is 0 Å². The predicted molar refractivity (Wildman–Crippen MR) is 107 cm³/mol. The Morgan fingerprint density at radius 1 is 1.22 bits per heavy atom. The van der Waals surface area contributed by atoms with Crippen LogP contribution in [0.15, 0.2) is 29.3 Å². The lowest BCUT2D eigenvalue weighted by Gasteiger charge is -2.27. The minimum absolute atomic E-state index is 0.0609. The summed E-state index contributed by atoms with van der Waals surface area (Å²) in [5.41, 5.74) is 3.66. The van der Waals surface area contributed by atoms with Gasteiger partial charge in [0.15, 0.2) is 17.5 Å². The van der Waals surface area contributed by atoms with Crippen LogP contribution in [0.25, 0.3) is 0 Å². The van der Waals surface area contributed by atoms with Crippen LogP contribution in [0.5, 0.6) is 11.5 Å². The second-order valence-corrected chi connectivity index (χ2v) is 6.51. The van der Waals surface area contributed by atoms with Crippen LogP contribution >= 0.6 is 0 Å². The summed E-state index contributed by atoms with van der Waals surface area (Å²) >= 11 is 0. The van der Waals surface area contributed by atoms with Crippen molar-refractivity contribution in [2.45, 2.75) is 39.3 Å². The van der Waals surface area contributed by atoms with Crippen molar-refractivity contribution in [2.75, 3.05) is 20.2 Å². The van der Waals surface area contributed by atoms with Gasteiger partial charge in [-0.2, -0.15) is 5.10 Å². The second kappa shape index (κ2) is 8.79. The highest BCUT2D eigenvalue weighted by Gasteiger charge is 2.21. The normalized spacial score (nSPS) is 16.3. The minimum Gasteiger partial charge on any atom is -0.486 e. The molecule has 0 spiro atoms. The van der Waals surface area contributed by atoms with E-state index in [1.807, 2.05) is 36.0 Å². The number of rotatable bonds is 6. The number of benzene rings is 1. The number of fused-ring (bicyclic) bond motifs is 1. The molecule has 0 radical (unpaired) electrons. The van der Waals surface area contributed by atoms with Crippen molar-refractivity contribution in [1.82, 2.24) is 20.4 Å². The molecule has 7 heteroatoms. The Labute approximate surface area is 160 Å². The first kappa shape index (κ1) is 19.1. The smallest absolute Gasteiger partial charge is 0.191 e. The number of aromatic nitrogens is 2. The SMILES string of the molecule is CCc1nn(C)c(CC)c1CNC(=NC)NCC1COc2ccccc2O1. The number of guanidine groups is 1. The Morgan fingerprint density at radius 3 is 2.70 bits per heavy atom. The molecule has 0 aliphatic carbocycles. The monoisotopic (exact) mass is 371 g/mol. The Bertz CT molecular complexity index is 800. The lowest BCUT2D eigenvalue weighted by atomic mass is 10.1. The van der Waals surface area contributed by atoms with Crippen molar-refractivity contribution in [2.24, 2.45) is 12.0 Å². The van der Waals surface area contributed by atoms with Crippen molar-refractivity contribution in [3.8, 4) is 11.5 Å². The number of hydrogen-bond acceptors (Lipinski definition) is 4. The molecule has 2 aromatic rings. The van der Waals surface area contributed by atoms with Crippen molar-refractivity contribution < 1.29 is 9.47 Å². The fourth-order valence-electron chi connectivity index (χ4n) is 3.36. The number of aliphatic imine (C=N–C) groups is 1. The summed E-state index contributed by atoms with van der Waals surface area (Å²) in [7, 11) is 3.78. The maximum absolute atomic E-state index is 5.98. The summed E-state index contributed by atoms with van der Waals surface area (Å²) in [6, 6.07) is 7.74. The molecule has 27 heavy (non-hydrogen) atoms. The number of ether oxygens (including phenoxy) is 2. The Morgan fingerprint density at radius 2 is 2.00 bits per heavy atom. The number of aryl methyl sites for hydroxylation is 2. The maximum atomic E-state index is 5.98. The molecule has 1 aliphatic rings. The topological polar surface area (TPSA) is 72.7 Å². The highest BCUT2D eigenvalue weighted by molar-refractivity contribution is 5.79. The van der Waals surface area contributed by atoms with Crippen LogP contribution in [0.3, 0.4) is 0 Å². The average Bonchev–Trinajstić information content (AvgIpc) is 3.02. The van der Waals surface area contributed by atoms with Crippen molar-refractivity contribution >= 4 is 5.96 Å². The molecule has 1 atom stereocenters. The third-order valence-electron chi connectivity index (χ3n) is 4.75. The zero-order valence-electron chi connectivity index (χ0n) is 16.6. The summed E-state index contributed by atoms with van der Waals surface area (Å²) in [4.78, 5) is 4.32. The first-order valence-electron chi connectivity index (χ1n) is 9.52. The van der Waals surface area contributed by atoms with E-state index in [2.05, 4.69) is 34.6 Å². The zero-order valence-corrected chi connectivity index (χ0v) is 16.6. The number of nitrogens with zero attached hydrogens (tertiary/aromatic N) is 3. The molecule has 146 valence electrons. The molecule has 0 saturated heterocycles. The second-order valence-electron chi connectivity index (χ2n) is 6.51. The summed E-state index contributed by atoms with van der Waals surface area (Å²) in [6.45, 7) is 6.12. The molecule has 0 fully saturated rings. The van der Waals surface area contributed by atoms with Gasteiger partial charge in [0.25, 0.3) is 0 Å². The van der Waals surface area contributed by atoms with Crippen molar-refractivity contribution in [1.29, 1.82) is 0 Å². The van der Waals surface area contributed by atoms with Gasteiger partial charge < -0.3 is 20.1 Å². The van der Waals surface area contributed by atoms with E-state index in [9.17, 15) is 0 Å². The van der Waals surface area contributed by atoms with E-state index in [1.165, 1.54) is 11.3 Å². The molecule has 2 heterocycles. The number of hydrogen-bond donors (Lipinski definition) is 2. The van der Waals surface area contributed by atoms with Crippen LogP contribution in [0.4, 0.5) is 0 Å². The molecule has 0 amide bonds. The molecular formula is C20H29N5O2. The van der Waals surface area contributed by atoms with Gasteiger partial charge in [0, 0.05) is 31.9 Å². The fraction of sp³-hybridized carbons (Fsp3) is 0.500. The Hall–Kier alpha value is -2.70. The highest BCUT2D eigenvalue weighted by Crippen LogP contribution is 2.30. The van der Waals surface area contributed by atoms with Crippen LogP contribution in [0, 0.1) is 0 Å².